The van der Waals surface area contributed by atoms with E-state index in [0.29, 0.717) is 18.5 Å². The Balaban J connectivity index is 1.86. The molecule has 0 aromatic heterocycles. The lowest BCUT2D eigenvalue weighted by atomic mass is 9.83. The van der Waals surface area contributed by atoms with Crippen LogP contribution in [0.15, 0.2) is 24.3 Å². The fourth-order valence-electron chi connectivity index (χ4n) is 2.60. The first kappa shape index (κ1) is 14.0. The van der Waals surface area contributed by atoms with E-state index in [-0.39, 0.29) is 17.1 Å². The minimum absolute atomic E-state index is 0.0938. The van der Waals surface area contributed by atoms with Gasteiger partial charge < -0.3 is 10.6 Å². The van der Waals surface area contributed by atoms with Crippen molar-refractivity contribution < 1.29 is 9.18 Å². The van der Waals surface area contributed by atoms with Gasteiger partial charge in [-0.25, -0.2) is 4.39 Å². The predicted molar refractivity (Wildman–Crippen MR) is 73.3 cm³/mol. The molecular formula is C15H21FN2O. The van der Waals surface area contributed by atoms with E-state index in [2.05, 4.69) is 10.6 Å². The van der Waals surface area contributed by atoms with Gasteiger partial charge in [0.05, 0.1) is 5.41 Å². The molecule has 1 fully saturated rings. The third-order valence-corrected chi connectivity index (χ3v) is 4.04. The normalized spacial score (nSPS) is 22.4. The van der Waals surface area contributed by atoms with Gasteiger partial charge in [-0.15, -0.1) is 0 Å². The molecule has 1 aliphatic rings. The van der Waals surface area contributed by atoms with E-state index in [1.165, 1.54) is 6.07 Å². The van der Waals surface area contributed by atoms with Crippen LogP contribution in [0.25, 0.3) is 0 Å². The zero-order valence-electron chi connectivity index (χ0n) is 11.3. The number of rotatable bonds is 5. The number of benzene rings is 1. The standard InChI is InChI=1S/C15H21FN2O/c1-2-15(8-10-17-11-15)14(19)18-9-7-12-5-3-4-6-13(12)16/h3-6,17H,2,7-11H2,1H3,(H,18,19). The number of hydrogen-bond donors (Lipinski definition) is 2. The van der Waals surface area contributed by atoms with E-state index < -0.39 is 0 Å². The third kappa shape index (κ3) is 3.13. The van der Waals surface area contributed by atoms with Crippen molar-refractivity contribution in [3.63, 3.8) is 0 Å². The number of amides is 1. The van der Waals surface area contributed by atoms with Gasteiger partial charge in [0, 0.05) is 13.1 Å². The highest BCUT2D eigenvalue weighted by molar-refractivity contribution is 5.83. The summed E-state index contributed by atoms with van der Waals surface area (Å²) in [6, 6.07) is 6.70. The second-order valence-corrected chi connectivity index (χ2v) is 5.16. The maximum absolute atomic E-state index is 13.4. The van der Waals surface area contributed by atoms with Gasteiger partial charge in [-0.1, -0.05) is 25.1 Å². The van der Waals surface area contributed by atoms with Crippen LogP contribution in [0.4, 0.5) is 4.39 Å². The zero-order chi connectivity index (χ0) is 13.7. The Hall–Kier alpha value is -1.42. The van der Waals surface area contributed by atoms with Crippen LogP contribution in [-0.4, -0.2) is 25.5 Å². The Morgan fingerprint density at radius 3 is 2.89 bits per heavy atom. The number of carbonyl (C=O) groups excluding carboxylic acids is 1. The number of carbonyl (C=O) groups is 1. The van der Waals surface area contributed by atoms with Gasteiger partial charge in [-0.05, 0) is 37.4 Å². The molecule has 19 heavy (non-hydrogen) atoms. The molecule has 0 aliphatic carbocycles. The average molecular weight is 264 g/mol. The second kappa shape index (κ2) is 6.15. The lowest BCUT2D eigenvalue weighted by Gasteiger charge is -2.25. The molecule has 2 rings (SSSR count). The molecule has 2 N–H and O–H groups in total. The van der Waals surface area contributed by atoms with Crippen molar-refractivity contribution in [1.29, 1.82) is 0 Å². The summed E-state index contributed by atoms with van der Waals surface area (Å²) >= 11 is 0. The minimum atomic E-state index is -0.269. The van der Waals surface area contributed by atoms with Crippen LogP contribution >= 0.6 is 0 Å². The van der Waals surface area contributed by atoms with Crippen molar-refractivity contribution in [3.8, 4) is 0 Å². The van der Waals surface area contributed by atoms with E-state index in [1.807, 2.05) is 13.0 Å². The molecule has 3 nitrogen and oxygen atoms in total. The van der Waals surface area contributed by atoms with E-state index >= 15 is 0 Å². The summed E-state index contributed by atoms with van der Waals surface area (Å²) in [4.78, 5) is 12.2. The van der Waals surface area contributed by atoms with Crippen molar-refractivity contribution in [1.82, 2.24) is 10.6 Å². The van der Waals surface area contributed by atoms with Crippen molar-refractivity contribution in [2.24, 2.45) is 5.41 Å². The summed E-state index contributed by atoms with van der Waals surface area (Å²) < 4.78 is 13.4. The first-order chi connectivity index (χ1) is 9.18. The molecular weight excluding hydrogens is 243 g/mol. The monoisotopic (exact) mass is 264 g/mol. The summed E-state index contributed by atoms with van der Waals surface area (Å²) in [5, 5.41) is 6.19. The summed E-state index contributed by atoms with van der Waals surface area (Å²) in [5.41, 5.74) is 0.382. The Labute approximate surface area is 113 Å². The van der Waals surface area contributed by atoms with Crippen molar-refractivity contribution in [2.45, 2.75) is 26.2 Å². The molecule has 104 valence electrons. The maximum atomic E-state index is 13.4. The summed E-state index contributed by atoms with van der Waals surface area (Å²) in [7, 11) is 0. The molecule has 4 heteroatoms. The number of nitrogens with one attached hydrogen (secondary N) is 2. The summed E-state index contributed by atoms with van der Waals surface area (Å²) in [5.74, 6) is -0.110. The highest BCUT2D eigenvalue weighted by Crippen LogP contribution is 2.29. The van der Waals surface area contributed by atoms with Gasteiger partial charge in [0.2, 0.25) is 5.91 Å². The topological polar surface area (TPSA) is 41.1 Å². The zero-order valence-corrected chi connectivity index (χ0v) is 11.3. The van der Waals surface area contributed by atoms with Crippen LogP contribution in [0.2, 0.25) is 0 Å². The van der Waals surface area contributed by atoms with Crippen LogP contribution in [0.5, 0.6) is 0 Å². The first-order valence-electron chi connectivity index (χ1n) is 6.90. The highest BCUT2D eigenvalue weighted by atomic mass is 19.1. The molecule has 0 bridgehead atoms. The van der Waals surface area contributed by atoms with Gasteiger partial charge in [-0.2, -0.15) is 0 Å². The smallest absolute Gasteiger partial charge is 0.227 e. The maximum Gasteiger partial charge on any atom is 0.227 e. The SMILES string of the molecule is CCC1(C(=O)NCCc2ccccc2F)CCNC1. The van der Waals surface area contributed by atoms with Gasteiger partial charge in [0.1, 0.15) is 5.82 Å². The molecule has 1 amide bonds. The summed E-state index contributed by atoms with van der Waals surface area (Å²) in [6.45, 7) is 4.18. The van der Waals surface area contributed by atoms with Crippen LogP contribution in [0, 0.1) is 11.2 Å². The fraction of sp³-hybridized carbons (Fsp3) is 0.533. The molecule has 1 unspecified atom stereocenters. The Morgan fingerprint density at radius 1 is 1.47 bits per heavy atom. The Bertz CT molecular complexity index is 442. The lowest BCUT2D eigenvalue weighted by molar-refractivity contribution is -0.130. The highest BCUT2D eigenvalue weighted by Gasteiger charge is 2.39. The minimum Gasteiger partial charge on any atom is -0.355 e. The predicted octanol–water partition coefficient (Wildman–Crippen LogP) is 1.87. The van der Waals surface area contributed by atoms with Crippen molar-refractivity contribution >= 4 is 5.91 Å². The largest absolute Gasteiger partial charge is 0.355 e. The summed E-state index contributed by atoms with van der Waals surface area (Å²) in [6.07, 6.45) is 2.26. The molecule has 1 aliphatic heterocycles. The van der Waals surface area contributed by atoms with Gasteiger partial charge in [0.25, 0.3) is 0 Å². The third-order valence-electron chi connectivity index (χ3n) is 4.04. The van der Waals surface area contributed by atoms with Crippen molar-refractivity contribution in [2.75, 3.05) is 19.6 Å². The van der Waals surface area contributed by atoms with Gasteiger partial charge in [0.15, 0.2) is 0 Å². The fourth-order valence-corrected chi connectivity index (χ4v) is 2.60. The van der Waals surface area contributed by atoms with Gasteiger partial charge in [-0.3, -0.25) is 4.79 Å². The van der Waals surface area contributed by atoms with Crippen molar-refractivity contribution in [3.05, 3.63) is 35.6 Å². The van der Waals surface area contributed by atoms with Crippen LogP contribution in [0.1, 0.15) is 25.3 Å². The first-order valence-corrected chi connectivity index (χ1v) is 6.90. The molecule has 0 saturated carbocycles. The van der Waals surface area contributed by atoms with Crippen LogP contribution in [0.3, 0.4) is 0 Å². The average Bonchev–Trinajstić information content (AvgIpc) is 2.91. The van der Waals surface area contributed by atoms with Crippen LogP contribution in [-0.2, 0) is 11.2 Å². The van der Waals surface area contributed by atoms with Crippen LogP contribution < -0.4 is 10.6 Å². The molecule has 1 aromatic rings. The van der Waals surface area contributed by atoms with E-state index in [4.69, 9.17) is 0 Å². The molecule has 1 saturated heterocycles. The second-order valence-electron chi connectivity index (χ2n) is 5.16. The molecule has 0 spiro atoms. The number of halogens is 1. The number of hydrogen-bond acceptors (Lipinski definition) is 2. The van der Waals surface area contributed by atoms with E-state index in [9.17, 15) is 9.18 Å². The van der Waals surface area contributed by atoms with E-state index in [0.717, 1.165) is 25.9 Å². The Morgan fingerprint density at radius 2 is 2.26 bits per heavy atom. The molecule has 1 aromatic carbocycles. The lowest BCUT2D eigenvalue weighted by Crippen LogP contribution is -2.42. The quantitative estimate of drug-likeness (QED) is 0.852. The van der Waals surface area contributed by atoms with Gasteiger partial charge >= 0.3 is 0 Å². The molecule has 1 heterocycles. The van der Waals surface area contributed by atoms with E-state index in [1.54, 1.807) is 12.1 Å². The molecule has 0 radical (unpaired) electrons. The Kier molecular flexibility index (Phi) is 4.53. The molecule has 1 atom stereocenters.